The van der Waals surface area contributed by atoms with Crippen LogP contribution >= 0.6 is 0 Å². The van der Waals surface area contributed by atoms with E-state index in [-0.39, 0.29) is 24.5 Å². The molecule has 1 aliphatic rings. The van der Waals surface area contributed by atoms with Gasteiger partial charge in [-0.15, -0.1) is 5.06 Å². The van der Waals surface area contributed by atoms with E-state index < -0.39 is 36.2 Å². The molecule has 5 rings (SSSR count). The van der Waals surface area contributed by atoms with E-state index in [0.29, 0.717) is 29.6 Å². The maximum Gasteiger partial charge on any atom is 0.539 e. The Bertz CT molecular complexity index is 1590. The average molecular weight is 580 g/mol. The maximum atomic E-state index is 13.0. The Morgan fingerprint density at radius 1 is 0.905 bits per heavy atom. The molecule has 0 spiro atoms. The van der Waals surface area contributed by atoms with Gasteiger partial charge >= 0.3 is 18.4 Å². The Morgan fingerprint density at radius 3 is 2.29 bits per heavy atom. The summed E-state index contributed by atoms with van der Waals surface area (Å²) in [4.78, 5) is 30.1. The lowest BCUT2D eigenvalue weighted by Crippen LogP contribution is -2.37. The number of nitrogens with zero attached hydrogens (tertiary/aromatic N) is 1. The molecule has 0 aliphatic carbocycles. The van der Waals surface area contributed by atoms with Gasteiger partial charge in [-0.1, -0.05) is 48.2 Å². The second-order valence-electron chi connectivity index (χ2n) is 9.20. The summed E-state index contributed by atoms with van der Waals surface area (Å²) in [5.41, 5.74) is -0.415. The Balaban J connectivity index is 1.18. The van der Waals surface area contributed by atoms with Gasteiger partial charge in [-0.2, -0.15) is 13.2 Å². The van der Waals surface area contributed by atoms with Crippen LogP contribution < -0.4 is 9.47 Å². The molecule has 216 valence electrons. The van der Waals surface area contributed by atoms with Crippen molar-refractivity contribution in [3.05, 3.63) is 96.3 Å². The number of hydroxylamine groups is 2. The smallest absolute Gasteiger partial charge is 0.458 e. The summed E-state index contributed by atoms with van der Waals surface area (Å²) in [5.74, 6) is 6.79. The lowest BCUT2D eigenvalue weighted by Gasteiger charge is -2.19. The van der Waals surface area contributed by atoms with Gasteiger partial charge in [-0.3, -0.25) is 4.84 Å². The van der Waals surface area contributed by atoms with Gasteiger partial charge in [0.2, 0.25) is 0 Å². The van der Waals surface area contributed by atoms with Crippen molar-refractivity contribution in [1.29, 1.82) is 0 Å². The number of amides is 1. The first-order valence-electron chi connectivity index (χ1n) is 13.0. The van der Waals surface area contributed by atoms with E-state index in [1.807, 2.05) is 0 Å². The van der Waals surface area contributed by atoms with E-state index in [1.54, 1.807) is 66.7 Å². The lowest BCUT2D eigenvalue weighted by atomic mass is 10.1. The van der Waals surface area contributed by atoms with E-state index >= 15 is 0 Å². The first-order valence-corrected chi connectivity index (χ1v) is 13.0. The Kier molecular flexibility index (Phi) is 8.64. The van der Waals surface area contributed by atoms with Crippen LogP contribution in [0.1, 0.15) is 36.7 Å². The molecule has 8 nitrogen and oxygen atoms in total. The molecule has 11 heteroatoms. The summed E-state index contributed by atoms with van der Waals surface area (Å²) in [7, 11) is 0. The predicted molar refractivity (Wildman–Crippen MR) is 143 cm³/mol. The monoisotopic (exact) mass is 579 g/mol. The SMILES string of the molecule is O=C(Oc1ccccc1)ON(CCC#C[C@@H]1CC[C@@H](c2cc3cc(C(F)(F)F)ccc3o2)O1)C(=O)Oc1ccccc1. The molecule has 4 aromatic rings. The molecule has 1 aromatic heterocycles. The minimum absolute atomic E-state index is 0.109. The molecule has 0 bridgehead atoms. The summed E-state index contributed by atoms with van der Waals surface area (Å²) in [6.45, 7) is -0.121. The maximum absolute atomic E-state index is 13.0. The lowest BCUT2D eigenvalue weighted by molar-refractivity contribution is -0.137. The van der Waals surface area contributed by atoms with Crippen molar-refractivity contribution in [3.8, 4) is 23.3 Å². The first-order chi connectivity index (χ1) is 20.2. The molecule has 1 saturated heterocycles. The van der Waals surface area contributed by atoms with Crippen LogP contribution in [-0.4, -0.2) is 30.0 Å². The molecule has 2 atom stereocenters. The van der Waals surface area contributed by atoms with Gasteiger partial charge < -0.3 is 18.6 Å². The first kappa shape index (κ1) is 28.6. The molecular weight excluding hydrogens is 555 g/mol. The van der Waals surface area contributed by atoms with Gasteiger partial charge in [0, 0.05) is 11.8 Å². The minimum atomic E-state index is -4.45. The third kappa shape index (κ3) is 7.41. The number of halogens is 3. The third-order valence-electron chi connectivity index (χ3n) is 6.18. The number of rotatable bonds is 5. The van der Waals surface area contributed by atoms with Crippen molar-refractivity contribution in [2.75, 3.05) is 6.54 Å². The van der Waals surface area contributed by atoms with Crippen molar-refractivity contribution in [1.82, 2.24) is 5.06 Å². The molecule has 2 heterocycles. The Morgan fingerprint density at radius 2 is 1.60 bits per heavy atom. The second-order valence-corrected chi connectivity index (χ2v) is 9.20. The molecule has 1 fully saturated rings. The predicted octanol–water partition coefficient (Wildman–Crippen LogP) is 7.70. The van der Waals surface area contributed by atoms with Crippen LogP contribution in [-0.2, 0) is 15.8 Å². The fourth-order valence-corrected chi connectivity index (χ4v) is 4.20. The Labute approximate surface area is 238 Å². The number of hydrogen-bond acceptors (Lipinski definition) is 7. The van der Waals surface area contributed by atoms with Crippen LogP contribution in [0.15, 0.2) is 89.3 Å². The molecule has 0 saturated carbocycles. The van der Waals surface area contributed by atoms with Crippen molar-refractivity contribution < 1.29 is 46.2 Å². The molecule has 1 aliphatic heterocycles. The Hall–Kier alpha value is -4.95. The van der Waals surface area contributed by atoms with Crippen LogP contribution in [0.5, 0.6) is 11.5 Å². The quantitative estimate of drug-likeness (QED) is 0.104. The number of hydrogen-bond donors (Lipinski definition) is 0. The minimum Gasteiger partial charge on any atom is -0.458 e. The van der Waals surface area contributed by atoms with Crippen molar-refractivity contribution in [2.24, 2.45) is 0 Å². The van der Waals surface area contributed by atoms with Crippen LogP contribution in [0.2, 0.25) is 0 Å². The van der Waals surface area contributed by atoms with Gasteiger partial charge in [0.1, 0.15) is 35.1 Å². The zero-order chi connectivity index (χ0) is 29.5. The summed E-state index contributed by atoms with van der Waals surface area (Å²) >= 11 is 0. The highest BCUT2D eigenvalue weighted by molar-refractivity contribution is 5.79. The number of carbonyl (C=O) groups excluding carboxylic acids is 2. The van der Waals surface area contributed by atoms with Gasteiger partial charge in [-0.05, 0) is 61.4 Å². The number of carbonyl (C=O) groups is 2. The number of benzene rings is 3. The molecule has 0 radical (unpaired) electrons. The normalized spacial score (nSPS) is 16.4. The van der Waals surface area contributed by atoms with E-state index in [1.165, 1.54) is 6.07 Å². The summed E-state index contributed by atoms with van der Waals surface area (Å²) in [6, 6.07) is 21.3. The third-order valence-corrected chi connectivity index (χ3v) is 6.18. The second kappa shape index (κ2) is 12.7. The van der Waals surface area contributed by atoms with Crippen LogP contribution in [0.3, 0.4) is 0 Å². The topological polar surface area (TPSA) is 87.4 Å². The summed E-state index contributed by atoms with van der Waals surface area (Å²) in [6.07, 6.45) is -6.19. The summed E-state index contributed by atoms with van der Waals surface area (Å²) < 4.78 is 61.1. The molecule has 0 N–H and O–H groups in total. The number of para-hydroxylation sites is 2. The van der Waals surface area contributed by atoms with Crippen molar-refractivity contribution in [3.63, 3.8) is 0 Å². The standard InChI is InChI=1S/C31H24F3NO7/c32-31(33,34)22-14-16-26-21(19-22)20-28(41-26)27-17-15-25(38-27)13-7-8-18-35(29(36)39-23-9-3-1-4-10-23)42-30(37)40-24-11-5-2-6-12-24/h1-6,9-12,14,16,19-20,25,27H,8,15,17-18H2/t25-,27+/m1/s1. The van der Waals surface area contributed by atoms with Crippen molar-refractivity contribution >= 4 is 23.2 Å². The number of fused-ring (bicyclic) bond motifs is 1. The van der Waals surface area contributed by atoms with Gasteiger partial charge in [-0.25, -0.2) is 9.59 Å². The fraction of sp³-hybridized carbons (Fsp3) is 0.226. The highest BCUT2D eigenvalue weighted by Crippen LogP contribution is 2.37. The van der Waals surface area contributed by atoms with Crippen LogP contribution in [0.4, 0.5) is 22.8 Å². The zero-order valence-electron chi connectivity index (χ0n) is 22.0. The largest absolute Gasteiger partial charge is 0.539 e. The van der Waals surface area contributed by atoms with E-state index in [9.17, 15) is 22.8 Å². The number of ether oxygens (including phenoxy) is 3. The zero-order valence-corrected chi connectivity index (χ0v) is 22.0. The molecular formula is C31H24F3NO7. The molecule has 0 unspecified atom stereocenters. The highest BCUT2D eigenvalue weighted by atomic mass is 19.4. The van der Waals surface area contributed by atoms with Crippen molar-refractivity contribution in [2.45, 2.75) is 37.6 Å². The molecule has 1 amide bonds. The van der Waals surface area contributed by atoms with Crippen LogP contribution in [0.25, 0.3) is 11.0 Å². The van der Waals surface area contributed by atoms with E-state index in [2.05, 4.69) is 11.8 Å². The van der Waals surface area contributed by atoms with Gasteiger partial charge in [0.05, 0.1) is 12.1 Å². The fourth-order valence-electron chi connectivity index (χ4n) is 4.20. The average Bonchev–Trinajstić information content (AvgIpc) is 3.62. The van der Waals surface area contributed by atoms with E-state index in [0.717, 1.165) is 17.2 Å². The van der Waals surface area contributed by atoms with E-state index in [4.69, 9.17) is 23.5 Å². The number of furan rings is 1. The van der Waals surface area contributed by atoms with Crippen LogP contribution in [0, 0.1) is 11.8 Å². The molecule has 3 aromatic carbocycles. The van der Waals surface area contributed by atoms with Gasteiger partial charge in [0.25, 0.3) is 0 Å². The number of alkyl halides is 3. The summed E-state index contributed by atoms with van der Waals surface area (Å²) in [5, 5.41) is 1.06. The van der Waals surface area contributed by atoms with Gasteiger partial charge in [0.15, 0.2) is 0 Å². The molecule has 42 heavy (non-hydrogen) atoms. The highest BCUT2D eigenvalue weighted by Gasteiger charge is 2.32.